The van der Waals surface area contributed by atoms with Crippen LogP contribution in [0.5, 0.6) is 5.75 Å². The molecule has 0 saturated heterocycles. The summed E-state index contributed by atoms with van der Waals surface area (Å²) in [5, 5.41) is 25.9. The molecule has 1 aromatic carbocycles. The van der Waals surface area contributed by atoms with Crippen LogP contribution >= 0.6 is 0 Å². The number of carbonyl (C=O) groups is 3. The lowest BCUT2D eigenvalue weighted by atomic mass is 10.0. The summed E-state index contributed by atoms with van der Waals surface area (Å²) < 4.78 is 5.13. The Bertz CT molecular complexity index is 968. The first kappa shape index (κ1) is 20.7. The zero-order valence-corrected chi connectivity index (χ0v) is 15.1. The van der Waals surface area contributed by atoms with E-state index in [-0.39, 0.29) is 42.7 Å². The third-order valence-corrected chi connectivity index (χ3v) is 4.20. The average molecular weight is 390 g/mol. The number of hydrogen-bond donors (Lipinski definition) is 4. The van der Waals surface area contributed by atoms with E-state index >= 15 is 0 Å². The first-order valence-corrected chi connectivity index (χ1v) is 8.48. The van der Waals surface area contributed by atoms with Crippen molar-refractivity contribution in [2.45, 2.75) is 32.2 Å². The van der Waals surface area contributed by atoms with Crippen LogP contribution in [0.4, 0.5) is 4.79 Å². The van der Waals surface area contributed by atoms with Gasteiger partial charge in [-0.2, -0.15) is 0 Å². The van der Waals surface area contributed by atoms with Crippen molar-refractivity contribution in [2.75, 3.05) is 6.54 Å². The molecule has 1 heterocycles. The van der Waals surface area contributed by atoms with Crippen molar-refractivity contribution in [1.82, 2.24) is 10.6 Å². The Morgan fingerprint density at radius 2 is 2.04 bits per heavy atom. The maximum Gasteiger partial charge on any atom is 0.340 e. The van der Waals surface area contributed by atoms with Gasteiger partial charge in [-0.15, -0.1) is 0 Å². The topological polar surface area (TPSA) is 175 Å². The minimum Gasteiger partial charge on any atom is -0.548 e. The van der Waals surface area contributed by atoms with Crippen molar-refractivity contribution in [3.8, 4) is 5.75 Å². The fourth-order valence-corrected chi connectivity index (χ4v) is 2.76. The number of nitrogens with one attached hydrogen (secondary N) is 2. The van der Waals surface area contributed by atoms with Crippen LogP contribution < -0.4 is 27.1 Å². The molecule has 0 unspecified atom stereocenters. The number of phenols is 1. The van der Waals surface area contributed by atoms with Crippen LogP contribution in [0.2, 0.25) is 0 Å². The first-order valence-electron chi connectivity index (χ1n) is 8.48. The molecular weight excluding hydrogens is 370 g/mol. The smallest absolute Gasteiger partial charge is 0.340 e. The molecule has 2 aromatic rings. The second-order valence-electron chi connectivity index (χ2n) is 6.22. The number of aryl methyl sites for hydroxylation is 1. The third-order valence-electron chi connectivity index (χ3n) is 4.20. The van der Waals surface area contributed by atoms with Gasteiger partial charge in [0.1, 0.15) is 11.3 Å². The molecule has 5 N–H and O–H groups in total. The zero-order valence-electron chi connectivity index (χ0n) is 15.1. The monoisotopic (exact) mass is 390 g/mol. The number of rotatable bonds is 8. The Morgan fingerprint density at radius 1 is 1.32 bits per heavy atom. The molecule has 10 heteroatoms. The Kier molecular flexibility index (Phi) is 6.59. The molecule has 3 amide bonds. The quantitative estimate of drug-likeness (QED) is 0.331. The molecule has 0 saturated carbocycles. The summed E-state index contributed by atoms with van der Waals surface area (Å²) in [6.07, 6.45) is -0.115. The molecule has 2 rings (SSSR count). The van der Waals surface area contributed by atoms with Crippen molar-refractivity contribution >= 4 is 28.9 Å². The van der Waals surface area contributed by atoms with E-state index in [0.29, 0.717) is 10.9 Å². The van der Waals surface area contributed by atoms with Crippen molar-refractivity contribution in [1.29, 1.82) is 0 Å². The van der Waals surface area contributed by atoms with Gasteiger partial charge in [-0.3, -0.25) is 4.79 Å². The second-order valence-corrected chi connectivity index (χ2v) is 6.22. The van der Waals surface area contributed by atoms with E-state index in [1.54, 1.807) is 13.0 Å². The Labute approximate surface area is 159 Å². The number of urea groups is 1. The van der Waals surface area contributed by atoms with E-state index in [1.807, 2.05) is 0 Å². The fraction of sp³-hybridized carbons (Fsp3) is 0.333. The second kappa shape index (κ2) is 8.89. The maximum atomic E-state index is 12.3. The van der Waals surface area contributed by atoms with Gasteiger partial charge < -0.3 is 35.8 Å². The van der Waals surface area contributed by atoms with Gasteiger partial charge in [0.2, 0.25) is 5.91 Å². The normalized spacial score (nSPS) is 11.8. The molecular formula is C18H20N3O7-. The van der Waals surface area contributed by atoms with Crippen LogP contribution in [-0.2, 0) is 16.0 Å². The molecule has 0 spiro atoms. The molecule has 10 nitrogen and oxygen atoms in total. The van der Waals surface area contributed by atoms with E-state index in [4.69, 9.17) is 10.2 Å². The number of carboxylic acids is 1. The van der Waals surface area contributed by atoms with Crippen LogP contribution in [0, 0.1) is 6.92 Å². The van der Waals surface area contributed by atoms with Crippen LogP contribution in [0.25, 0.3) is 11.0 Å². The number of amides is 3. The highest BCUT2D eigenvalue weighted by molar-refractivity contribution is 5.87. The van der Waals surface area contributed by atoms with Gasteiger partial charge in [-0.25, -0.2) is 9.59 Å². The number of carbonyl (C=O) groups excluding carboxylic acids is 3. The average Bonchev–Trinajstić information content (AvgIpc) is 2.60. The predicted octanol–water partition coefficient (Wildman–Crippen LogP) is -0.967. The molecule has 150 valence electrons. The Balaban J connectivity index is 2.10. The lowest BCUT2D eigenvalue weighted by molar-refractivity contribution is -0.308. The number of phenolic OH excluding ortho intramolecular Hbond substituents is 1. The number of nitrogens with two attached hydrogens (primary N) is 1. The third kappa shape index (κ3) is 5.22. The molecule has 0 aliphatic rings. The molecule has 0 fully saturated rings. The number of aromatic hydroxyl groups is 1. The van der Waals surface area contributed by atoms with Gasteiger partial charge in [0.05, 0.1) is 24.0 Å². The number of hydrogen-bond acceptors (Lipinski definition) is 7. The Hall–Kier alpha value is -3.56. The highest BCUT2D eigenvalue weighted by Crippen LogP contribution is 2.23. The van der Waals surface area contributed by atoms with Crippen LogP contribution in [0.3, 0.4) is 0 Å². The lowest BCUT2D eigenvalue weighted by Crippen LogP contribution is -2.48. The number of aliphatic carboxylic acids is 1. The van der Waals surface area contributed by atoms with Gasteiger partial charge in [0.25, 0.3) is 0 Å². The standard InChI is InChI=1S/C18H21N3O7/c1-9-11-5-4-10(22)7-14(11)28-17(26)12(9)8-15(23)21-13(16(24)25)3-2-6-20-18(19)27/h4-5,7,13,22H,2-3,6,8H2,1H3,(H,21,23)(H,24,25)(H3,19,20,27)/p-1/t13-/m0/s1. The maximum absolute atomic E-state index is 12.3. The number of primary amides is 1. The molecule has 0 aliphatic carbocycles. The number of carboxylic acid groups (broad SMARTS) is 1. The van der Waals surface area contributed by atoms with Crippen LogP contribution in [0.15, 0.2) is 27.4 Å². The van der Waals surface area contributed by atoms with Crippen LogP contribution in [-0.4, -0.2) is 35.6 Å². The van der Waals surface area contributed by atoms with Gasteiger partial charge in [-0.1, -0.05) is 0 Å². The van der Waals surface area contributed by atoms with E-state index in [2.05, 4.69) is 10.6 Å². The molecule has 0 radical (unpaired) electrons. The molecule has 0 bridgehead atoms. The Morgan fingerprint density at radius 3 is 2.68 bits per heavy atom. The van der Waals surface area contributed by atoms with Crippen LogP contribution in [0.1, 0.15) is 24.0 Å². The van der Waals surface area contributed by atoms with E-state index in [0.717, 1.165) is 0 Å². The van der Waals surface area contributed by atoms with E-state index in [1.165, 1.54) is 12.1 Å². The van der Waals surface area contributed by atoms with E-state index < -0.39 is 29.6 Å². The van der Waals surface area contributed by atoms with Gasteiger partial charge in [0.15, 0.2) is 0 Å². The van der Waals surface area contributed by atoms with Gasteiger partial charge in [-0.05, 0) is 37.5 Å². The minimum absolute atomic E-state index is 0.0128. The summed E-state index contributed by atoms with van der Waals surface area (Å²) in [4.78, 5) is 46.2. The summed E-state index contributed by atoms with van der Waals surface area (Å²) in [7, 11) is 0. The summed E-state index contributed by atoms with van der Waals surface area (Å²) in [6.45, 7) is 1.78. The minimum atomic E-state index is -1.48. The van der Waals surface area contributed by atoms with Crippen molar-refractivity contribution < 1.29 is 29.0 Å². The summed E-state index contributed by atoms with van der Waals surface area (Å²) >= 11 is 0. The number of fused-ring (bicyclic) bond motifs is 1. The summed E-state index contributed by atoms with van der Waals surface area (Å²) in [5.41, 5.74) is 4.93. The molecule has 28 heavy (non-hydrogen) atoms. The summed E-state index contributed by atoms with van der Waals surface area (Å²) in [5.74, 6) is -2.24. The van der Waals surface area contributed by atoms with Crippen molar-refractivity contribution in [3.63, 3.8) is 0 Å². The fourth-order valence-electron chi connectivity index (χ4n) is 2.76. The first-order chi connectivity index (χ1) is 13.2. The molecule has 1 atom stereocenters. The highest BCUT2D eigenvalue weighted by Gasteiger charge is 2.18. The lowest BCUT2D eigenvalue weighted by Gasteiger charge is -2.20. The predicted molar refractivity (Wildman–Crippen MR) is 96.3 cm³/mol. The molecule has 1 aromatic heterocycles. The van der Waals surface area contributed by atoms with Crippen molar-refractivity contribution in [3.05, 3.63) is 39.7 Å². The van der Waals surface area contributed by atoms with Gasteiger partial charge in [0, 0.05) is 18.0 Å². The SMILES string of the molecule is Cc1c(CC(=O)N[C@@H](CCCNC(N)=O)C(=O)[O-])c(=O)oc2cc(O)ccc12. The summed E-state index contributed by atoms with van der Waals surface area (Å²) in [6, 6.07) is 2.25. The van der Waals surface area contributed by atoms with Gasteiger partial charge >= 0.3 is 11.7 Å². The number of benzene rings is 1. The van der Waals surface area contributed by atoms with Crippen molar-refractivity contribution in [2.24, 2.45) is 5.73 Å². The molecule has 0 aliphatic heterocycles. The highest BCUT2D eigenvalue weighted by atomic mass is 16.4. The van der Waals surface area contributed by atoms with E-state index in [9.17, 15) is 29.4 Å². The largest absolute Gasteiger partial charge is 0.548 e. The zero-order chi connectivity index (χ0) is 20.8.